The molecule has 1 aromatic rings. The fourth-order valence-electron chi connectivity index (χ4n) is 3.53. The van der Waals surface area contributed by atoms with E-state index in [-0.39, 0.29) is 36.2 Å². The van der Waals surface area contributed by atoms with Crippen molar-refractivity contribution in [1.29, 1.82) is 0 Å². The van der Waals surface area contributed by atoms with Gasteiger partial charge in [-0.1, -0.05) is 27.2 Å². The molecule has 1 N–H and O–H groups in total. The number of carboxylic acid groups (broad SMARTS) is 1. The van der Waals surface area contributed by atoms with Gasteiger partial charge in [-0.15, -0.1) is 0 Å². The molecule has 0 radical (unpaired) electrons. The Bertz CT molecular complexity index is 664. The summed E-state index contributed by atoms with van der Waals surface area (Å²) in [6.07, 6.45) is 2.90. The first-order chi connectivity index (χ1) is 12.8. The first-order valence-electron chi connectivity index (χ1n) is 9.49. The van der Waals surface area contributed by atoms with Gasteiger partial charge < -0.3 is 14.6 Å². The lowest BCUT2D eigenvalue weighted by Gasteiger charge is -2.36. The van der Waals surface area contributed by atoms with Crippen LogP contribution in [0.3, 0.4) is 0 Å². The highest BCUT2D eigenvalue weighted by Crippen LogP contribution is 2.35. The van der Waals surface area contributed by atoms with E-state index in [1.165, 1.54) is 24.3 Å². The molecule has 6 heteroatoms. The van der Waals surface area contributed by atoms with Gasteiger partial charge in [0.1, 0.15) is 11.9 Å². The van der Waals surface area contributed by atoms with Crippen molar-refractivity contribution in [2.75, 3.05) is 0 Å². The molecule has 0 aromatic heterocycles. The summed E-state index contributed by atoms with van der Waals surface area (Å²) in [5.41, 5.74) is 0.111. The minimum atomic E-state index is -1.05. The number of hydrogen-bond acceptors (Lipinski definition) is 5. The van der Waals surface area contributed by atoms with Gasteiger partial charge in [0.2, 0.25) is 0 Å². The molecule has 0 saturated heterocycles. The SMILES string of the molecule is CC1CCC(C(C)C)C(OC(=O)CCC(=O)Oc2ccc(C(=O)O)cc2)C1. The van der Waals surface area contributed by atoms with E-state index in [1.807, 2.05) is 0 Å². The maximum Gasteiger partial charge on any atom is 0.335 e. The van der Waals surface area contributed by atoms with Gasteiger partial charge in [-0.2, -0.15) is 0 Å². The number of aromatic carboxylic acids is 1. The summed E-state index contributed by atoms with van der Waals surface area (Å²) in [7, 11) is 0. The van der Waals surface area contributed by atoms with E-state index < -0.39 is 11.9 Å². The van der Waals surface area contributed by atoms with Crippen LogP contribution in [0.4, 0.5) is 0 Å². The van der Waals surface area contributed by atoms with Crippen molar-refractivity contribution >= 4 is 17.9 Å². The van der Waals surface area contributed by atoms with Crippen LogP contribution in [0, 0.1) is 17.8 Å². The van der Waals surface area contributed by atoms with Crippen LogP contribution >= 0.6 is 0 Å². The van der Waals surface area contributed by atoms with Crippen LogP contribution < -0.4 is 4.74 Å². The van der Waals surface area contributed by atoms with Crippen LogP contribution in [0.5, 0.6) is 5.75 Å². The monoisotopic (exact) mass is 376 g/mol. The Morgan fingerprint density at radius 2 is 1.70 bits per heavy atom. The molecule has 3 unspecified atom stereocenters. The molecule has 1 aromatic carbocycles. The van der Waals surface area contributed by atoms with Gasteiger partial charge >= 0.3 is 17.9 Å². The Labute approximate surface area is 159 Å². The second kappa shape index (κ2) is 9.53. The average molecular weight is 376 g/mol. The summed E-state index contributed by atoms with van der Waals surface area (Å²) in [6.45, 7) is 6.47. The van der Waals surface area contributed by atoms with Crippen molar-refractivity contribution in [2.24, 2.45) is 17.8 Å². The van der Waals surface area contributed by atoms with E-state index in [0.717, 1.165) is 19.3 Å². The lowest BCUT2D eigenvalue weighted by molar-refractivity contribution is -0.157. The molecule has 6 nitrogen and oxygen atoms in total. The number of benzene rings is 1. The lowest BCUT2D eigenvalue weighted by atomic mass is 9.75. The molecular formula is C21H28O6. The zero-order chi connectivity index (χ0) is 20.0. The van der Waals surface area contributed by atoms with E-state index in [4.69, 9.17) is 14.6 Å². The van der Waals surface area contributed by atoms with Crippen LogP contribution in [-0.4, -0.2) is 29.1 Å². The molecule has 1 saturated carbocycles. The molecule has 148 valence electrons. The number of hydrogen-bond donors (Lipinski definition) is 1. The fourth-order valence-corrected chi connectivity index (χ4v) is 3.53. The summed E-state index contributed by atoms with van der Waals surface area (Å²) >= 11 is 0. The van der Waals surface area contributed by atoms with Crippen molar-refractivity contribution in [1.82, 2.24) is 0 Å². The van der Waals surface area contributed by atoms with Gasteiger partial charge in [0.25, 0.3) is 0 Å². The number of esters is 2. The summed E-state index contributed by atoms with van der Waals surface area (Å²) in [4.78, 5) is 34.9. The minimum Gasteiger partial charge on any atom is -0.478 e. The van der Waals surface area contributed by atoms with Crippen molar-refractivity contribution < 1.29 is 29.0 Å². The second-order valence-corrected chi connectivity index (χ2v) is 7.66. The Morgan fingerprint density at radius 1 is 1.07 bits per heavy atom. The highest BCUT2D eigenvalue weighted by atomic mass is 16.5. The standard InChI is InChI=1S/C21H28O6/c1-13(2)17-9-4-14(3)12-18(17)27-20(23)11-10-19(22)26-16-7-5-15(6-8-16)21(24)25/h5-8,13-14,17-18H,4,9-12H2,1-3H3,(H,24,25). The molecule has 1 fully saturated rings. The van der Waals surface area contributed by atoms with Crippen LogP contribution in [0.1, 0.15) is 63.2 Å². The molecule has 2 rings (SSSR count). The molecule has 0 aliphatic heterocycles. The smallest absolute Gasteiger partial charge is 0.335 e. The topological polar surface area (TPSA) is 89.9 Å². The maximum atomic E-state index is 12.2. The first-order valence-corrected chi connectivity index (χ1v) is 9.49. The van der Waals surface area contributed by atoms with Gasteiger partial charge in [0, 0.05) is 0 Å². The summed E-state index contributed by atoms with van der Waals surface area (Å²) in [6, 6.07) is 5.54. The van der Waals surface area contributed by atoms with E-state index in [2.05, 4.69) is 20.8 Å². The third-order valence-electron chi connectivity index (χ3n) is 5.11. The zero-order valence-corrected chi connectivity index (χ0v) is 16.1. The predicted octanol–water partition coefficient (Wildman–Crippen LogP) is 4.07. The predicted molar refractivity (Wildman–Crippen MR) is 99.5 cm³/mol. The van der Waals surface area contributed by atoms with E-state index >= 15 is 0 Å². The van der Waals surface area contributed by atoms with Crippen LogP contribution in [0.15, 0.2) is 24.3 Å². The van der Waals surface area contributed by atoms with Crippen LogP contribution in [0.2, 0.25) is 0 Å². The number of carbonyl (C=O) groups excluding carboxylic acids is 2. The molecule has 1 aliphatic carbocycles. The second-order valence-electron chi connectivity index (χ2n) is 7.66. The normalized spacial score (nSPS) is 22.3. The summed E-state index contributed by atoms with van der Waals surface area (Å²) < 4.78 is 10.8. The molecule has 0 spiro atoms. The summed E-state index contributed by atoms with van der Waals surface area (Å²) in [5, 5.41) is 8.85. The van der Waals surface area contributed by atoms with Gasteiger partial charge in [-0.05, 0) is 54.9 Å². The summed E-state index contributed by atoms with van der Waals surface area (Å²) in [5.74, 6) is -0.368. The molecule has 0 amide bonds. The average Bonchev–Trinajstić information content (AvgIpc) is 2.60. The van der Waals surface area contributed by atoms with E-state index in [9.17, 15) is 14.4 Å². The fraction of sp³-hybridized carbons (Fsp3) is 0.571. The van der Waals surface area contributed by atoms with Crippen LogP contribution in [0.25, 0.3) is 0 Å². The van der Waals surface area contributed by atoms with Gasteiger partial charge in [-0.25, -0.2) is 4.79 Å². The Kier molecular flexibility index (Phi) is 7.39. The molecule has 0 bridgehead atoms. The van der Waals surface area contributed by atoms with Crippen molar-refractivity contribution in [3.63, 3.8) is 0 Å². The molecular weight excluding hydrogens is 348 g/mol. The highest BCUT2D eigenvalue weighted by Gasteiger charge is 2.33. The third-order valence-corrected chi connectivity index (χ3v) is 5.11. The molecule has 27 heavy (non-hydrogen) atoms. The van der Waals surface area contributed by atoms with E-state index in [0.29, 0.717) is 17.8 Å². The lowest BCUT2D eigenvalue weighted by Crippen LogP contribution is -2.36. The van der Waals surface area contributed by atoms with Crippen molar-refractivity contribution in [3.8, 4) is 5.75 Å². The number of carbonyl (C=O) groups is 3. The largest absolute Gasteiger partial charge is 0.478 e. The quantitative estimate of drug-likeness (QED) is 0.570. The van der Waals surface area contributed by atoms with E-state index in [1.54, 1.807) is 0 Å². The first kappa shape index (κ1) is 20.9. The van der Waals surface area contributed by atoms with Crippen molar-refractivity contribution in [3.05, 3.63) is 29.8 Å². The zero-order valence-electron chi connectivity index (χ0n) is 16.1. The number of rotatable bonds is 7. The van der Waals surface area contributed by atoms with Gasteiger partial charge in [0.05, 0.1) is 18.4 Å². The number of carboxylic acids is 1. The van der Waals surface area contributed by atoms with Crippen molar-refractivity contribution in [2.45, 2.75) is 59.0 Å². The third kappa shape index (κ3) is 6.38. The van der Waals surface area contributed by atoms with Gasteiger partial charge in [-0.3, -0.25) is 9.59 Å². The highest BCUT2D eigenvalue weighted by molar-refractivity contribution is 5.87. The number of ether oxygens (including phenoxy) is 2. The molecule has 3 atom stereocenters. The molecule has 0 heterocycles. The Hall–Kier alpha value is -2.37. The van der Waals surface area contributed by atoms with Gasteiger partial charge in [0.15, 0.2) is 0 Å². The Balaban J connectivity index is 1.80. The maximum absolute atomic E-state index is 12.2. The minimum absolute atomic E-state index is 0.0261. The van der Waals surface area contributed by atoms with Crippen LogP contribution in [-0.2, 0) is 14.3 Å². The Morgan fingerprint density at radius 3 is 2.30 bits per heavy atom. The molecule has 1 aliphatic rings.